The zero-order valence-electron chi connectivity index (χ0n) is 15.8. The largest absolute Gasteiger partial charge is 0.508 e. The molecule has 27 heavy (non-hydrogen) atoms. The number of carbonyl (C=O) groups excluding carboxylic acids is 1. The van der Waals surface area contributed by atoms with E-state index in [9.17, 15) is 15.0 Å². The molecule has 0 saturated carbocycles. The Morgan fingerprint density at radius 3 is 2.59 bits per heavy atom. The second-order valence-corrected chi connectivity index (χ2v) is 8.56. The van der Waals surface area contributed by atoms with Crippen LogP contribution in [0.15, 0.2) is 24.3 Å². The summed E-state index contributed by atoms with van der Waals surface area (Å²) in [5.74, 6) is 0.391. The van der Waals surface area contributed by atoms with Crippen molar-refractivity contribution in [1.82, 2.24) is 9.80 Å². The fourth-order valence-corrected chi connectivity index (χ4v) is 4.76. The number of phenols is 1. The van der Waals surface area contributed by atoms with Crippen molar-refractivity contribution in [3.63, 3.8) is 0 Å². The van der Waals surface area contributed by atoms with Crippen LogP contribution in [-0.2, 0) is 16.0 Å². The summed E-state index contributed by atoms with van der Waals surface area (Å²) >= 11 is 0. The molecule has 0 aliphatic carbocycles. The van der Waals surface area contributed by atoms with Crippen molar-refractivity contribution in [2.75, 3.05) is 39.3 Å². The minimum atomic E-state index is -0.178. The van der Waals surface area contributed by atoms with Crippen LogP contribution in [0.5, 0.6) is 5.75 Å². The lowest BCUT2D eigenvalue weighted by atomic mass is 9.76. The third-order valence-corrected chi connectivity index (χ3v) is 6.46. The van der Waals surface area contributed by atoms with Gasteiger partial charge in [0.1, 0.15) is 5.75 Å². The molecule has 6 heteroatoms. The first-order valence-corrected chi connectivity index (χ1v) is 10.1. The maximum atomic E-state index is 12.6. The van der Waals surface area contributed by atoms with Gasteiger partial charge in [0.2, 0.25) is 5.91 Å². The lowest BCUT2D eigenvalue weighted by Gasteiger charge is -2.38. The van der Waals surface area contributed by atoms with Crippen molar-refractivity contribution < 1.29 is 19.7 Å². The monoisotopic (exact) mass is 374 g/mol. The molecule has 1 aromatic rings. The number of phenolic OH excluding ortho intramolecular Hbond substituents is 1. The molecule has 3 aliphatic heterocycles. The van der Waals surface area contributed by atoms with Gasteiger partial charge in [-0.2, -0.15) is 0 Å². The number of piperidine rings is 1. The lowest BCUT2D eigenvalue weighted by Crippen LogP contribution is -2.44. The highest BCUT2D eigenvalue weighted by atomic mass is 16.5. The van der Waals surface area contributed by atoms with Crippen LogP contribution >= 0.6 is 0 Å². The fourth-order valence-electron chi connectivity index (χ4n) is 4.76. The minimum Gasteiger partial charge on any atom is -0.508 e. The second kappa shape index (κ2) is 7.78. The molecule has 2 N–H and O–H groups in total. The van der Waals surface area contributed by atoms with E-state index in [-0.39, 0.29) is 29.3 Å². The first-order valence-electron chi connectivity index (χ1n) is 10.1. The van der Waals surface area contributed by atoms with Gasteiger partial charge in [-0.15, -0.1) is 0 Å². The van der Waals surface area contributed by atoms with Crippen molar-refractivity contribution in [2.45, 2.75) is 44.3 Å². The highest BCUT2D eigenvalue weighted by Crippen LogP contribution is 2.42. The number of benzene rings is 1. The summed E-state index contributed by atoms with van der Waals surface area (Å²) in [4.78, 5) is 16.9. The van der Waals surface area contributed by atoms with Gasteiger partial charge >= 0.3 is 0 Å². The number of nitrogens with zero attached hydrogens (tertiary/aromatic N) is 2. The second-order valence-electron chi connectivity index (χ2n) is 8.56. The number of hydrogen-bond donors (Lipinski definition) is 2. The van der Waals surface area contributed by atoms with Gasteiger partial charge in [-0.05, 0) is 48.8 Å². The van der Waals surface area contributed by atoms with Crippen LogP contribution in [-0.4, -0.2) is 77.5 Å². The topological polar surface area (TPSA) is 73.2 Å². The summed E-state index contributed by atoms with van der Waals surface area (Å²) in [5.41, 5.74) is 1.16. The van der Waals surface area contributed by atoms with Gasteiger partial charge in [0.25, 0.3) is 0 Å². The Balaban J connectivity index is 1.25. The van der Waals surface area contributed by atoms with E-state index >= 15 is 0 Å². The molecule has 0 unspecified atom stereocenters. The van der Waals surface area contributed by atoms with Crippen LogP contribution in [0.3, 0.4) is 0 Å². The van der Waals surface area contributed by atoms with Crippen LogP contribution in [0, 0.1) is 5.41 Å². The summed E-state index contributed by atoms with van der Waals surface area (Å²) in [5, 5.41) is 19.0. The Kier molecular flexibility index (Phi) is 5.39. The van der Waals surface area contributed by atoms with Crippen molar-refractivity contribution in [3.8, 4) is 5.75 Å². The number of β-amino-alcohol motifs (C(OH)–C–C–N with tert-alkyl or cyclic N) is 1. The average molecular weight is 374 g/mol. The van der Waals surface area contributed by atoms with Crippen molar-refractivity contribution in [3.05, 3.63) is 29.8 Å². The summed E-state index contributed by atoms with van der Waals surface area (Å²) in [6.07, 6.45) is 4.43. The third-order valence-electron chi connectivity index (χ3n) is 6.46. The Hall–Kier alpha value is -1.63. The van der Waals surface area contributed by atoms with Gasteiger partial charge in [-0.25, -0.2) is 0 Å². The Morgan fingerprint density at radius 1 is 1.19 bits per heavy atom. The van der Waals surface area contributed by atoms with E-state index in [1.807, 2.05) is 17.0 Å². The maximum Gasteiger partial charge on any atom is 0.226 e. The molecule has 0 aromatic heterocycles. The van der Waals surface area contributed by atoms with Crippen molar-refractivity contribution >= 4 is 5.91 Å². The molecule has 1 aromatic carbocycles. The van der Waals surface area contributed by atoms with Crippen LogP contribution in [0.2, 0.25) is 0 Å². The van der Waals surface area contributed by atoms with E-state index in [4.69, 9.17) is 4.74 Å². The third kappa shape index (κ3) is 4.45. The zero-order valence-corrected chi connectivity index (χ0v) is 15.8. The predicted molar refractivity (Wildman–Crippen MR) is 101 cm³/mol. The summed E-state index contributed by atoms with van der Waals surface area (Å²) in [6.45, 7) is 5.06. The van der Waals surface area contributed by atoms with Gasteiger partial charge in [0.15, 0.2) is 0 Å². The number of carbonyl (C=O) groups is 1. The summed E-state index contributed by atoms with van der Waals surface area (Å²) < 4.78 is 6.10. The minimum absolute atomic E-state index is 0.164. The first-order chi connectivity index (χ1) is 13.0. The Labute approximate surface area is 160 Å². The predicted octanol–water partition coefficient (Wildman–Crippen LogP) is 1.40. The van der Waals surface area contributed by atoms with Gasteiger partial charge in [0, 0.05) is 32.7 Å². The van der Waals surface area contributed by atoms with E-state index in [1.54, 1.807) is 12.1 Å². The highest BCUT2D eigenvalue weighted by molar-refractivity contribution is 5.78. The quantitative estimate of drug-likeness (QED) is 0.833. The number of likely N-dealkylation sites (tertiary alicyclic amines) is 2. The normalized spacial score (nSPS) is 28.1. The van der Waals surface area contributed by atoms with Gasteiger partial charge in [-0.1, -0.05) is 12.1 Å². The molecular weight excluding hydrogens is 344 g/mol. The molecular formula is C21H30N2O4. The summed E-state index contributed by atoms with van der Waals surface area (Å²) in [7, 11) is 0. The molecule has 2 atom stereocenters. The van der Waals surface area contributed by atoms with E-state index < -0.39 is 0 Å². The van der Waals surface area contributed by atoms with Crippen molar-refractivity contribution in [1.29, 1.82) is 0 Å². The smallest absolute Gasteiger partial charge is 0.226 e. The van der Waals surface area contributed by atoms with Crippen LogP contribution in [0.1, 0.15) is 31.2 Å². The molecule has 3 fully saturated rings. The number of amides is 1. The van der Waals surface area contributed by atoms with Gasteiger partial charge < -0.3 is 19.8 Å². The molecule has 3 heterocycles. The SMILES string of the molecule is O=C(Cc1ccc(O)cc1)N1CCC2(CC1)CO[C@@H](CN1CC[C@@H](O)C1)C2. The Bertz CT molecular complexity index is 655. The van der Waals surface area contributed by atoms with E-state index in [0.717, 1.165) is 70.6 Å². The number of rotatable bonds is 4. The highest BCUT2D eigenvalue weighted by Gasteiger charge is 2.43. The fraction of sp³-hybridized carbons (Fsp3) is 0.667. The van der Waals surface area contributed by atoms with Crippen LogP contribution in [0.25, 0.3) is 0 Å². The van der Waals surface area contributed by atoms with Crippen molar-refractivity contribution in [2.24, 2.45) is 5.41 Å². The number of aromatic hydroxyl groups is 1. The molecule has 1 spiro atoms. The average Bonchev–Trinajstić information content (AvgIpc) is 3.24. The first kappa shape index (κ1) is 18.7. The molecule has 0 radical (unpaired) electrons. The van der Waals surface area contributed by atoms with E-state index in [0.29, 0.717) is 6.42 Å². The molecule has 3 saturated heterocycles. The summed E-state index contributed by atoms with van der Waals surface area (Å²) in [6, 6.07) is 6.87. The zero-order chi connectivity index (χ0) is 18.9. The molecule has 4 rings (SSSR count). The molecule has 6 nitrogen and oxygen atoms in total. The number of hydrogen-bond acceptors (Lipinski definition) is 5. The van der Waals surface area contributed by atoms with Gasteiger partial charge in [-0.3, -0.25) is 9.69 Å². The standard InChI is InChI=1S/C21H30N2O4/c24-17-3-1-16(2-4-17)11-20(26)23-9-6-21(7-10-23)12-19(27-15-21)14-22-8-5-18(25)13-22/h1-4,18-19,24-25H,5-15H2/t18-,19-/m1/s1. The number of aliphatic hydroxyl groups is 1. The molecule has 1 amide bonds. The van der Waals surface area contributed by atoms with E-state index in [1.165, 1.54) is 0 Å². The maximum absolute atomic E-state index is 12.6. The molecule has 148 valence electrons. The van der Waals surface area contributed by atoms with Crippen LogP contribution < -0.4 is 0 Å². The van der Waals surface area contributed by atoms with Crippen LogP contribution in [0.4, 0.5) is 0 Å². The number of aliphatic hydroxyl groups excluding tert-OH is 1. The number of ether oxygens (including phenoxy) is 1. The lowest BCUT2D eigenvalue weighted by molar-refractivity contribution is -0.132. The molecule has 0 bridgehead atoms. The Morgan fingerprint density at radius 2 is 1.93 bits per heavy atom. The molecule has 3 aliphatic rings. The van der Waals surface area contributed by atoms with E-state index in [2.05, 4.69) is 4.90 Å². The van der Waals surface area contributed by atoms with Gasteiger partial charge in [0.05, 0.1) is 25.2 Å².